The first kappa shape index (κ1) is 18.6. The number of benzene rings is 1. The Morgan fingerprint density at radius 3 is 2.63 bits per heavy atom. The lowest BCUT2D eigenvalue weighted by atomic mass is 9.92. The van der Waals surface area contributed by atoms with Gasteiger partial charge in [0.25, 0.3) is 5.91 Å². The summed E-state index contributed by atoms with van der Waals surface area (Å²) in [5.41, 5.74) is -1.51. The fraction of sp³-hybridized carbons (Fsp3) is 0.278. The first-order chi connectivity index (χ1) is 12.7. The molecule has 1 aliphatic heterocycles. The van der Waals surface area contributed by atoms with Crippen molar-refractivity contribution in [1.82, 2.24) is 15.1 Å². The molecule has 3 rings (SSSR count). The summed E-state index contributed by atoms with van der Waals surface area (Å²) in [6.45, 7) is 1.06. The van der Waals surface area contributed by atoms with E-state index >= 15 is 0 Å². The quantitative estimate of drug-likeness (QED) is 0.808. The highest BCUT2D eigenvalue weighted by Gasteiger charge is 2.49. The predicted molar refractivity (Wildman–Crippen MR) is 89.1 cm³/mol. The second-order valence-corrected chi connectivity index (χ2v) is 6.40. The Labute approximate surface area is 153 Å². The average Bonchev–Trinajstić information content (AvgIpc) is 3.20. The highest BCUT2D eigenvalue weighted by atomic mass is 19.2. The Hall–Kier alpha value is -3.23. The first-order valence-electron chi connectivity index (χ1n) is 8.08. The van der Waals surface area contributed by atoms with Crippen LogP contribution in [0.2, 0.25) is 0 Å². The number of urea groups is 1. The van der Waals surface area contributed by atoms with Crippen LogP contribution in [0.1, 0.15) is 18.2 Å². The van der Waals surface area contributed by atoms with E-state index in [1.165, 1.54) is 31.2 Å². The van der Waals surface area contributed by atoms with E-state index in [0.717, 1.165) is 17.0 Å². The van der Waals surface area contributed by atoms with Gasteiger partial charge in [-0.2, -0.15) is 0 Å². The standard InChI is InChI=1S/C18H17F2N3O4/c1-18(11-5-6-13(19)14(20)8-11)16(25)23(17(26)21-18)10-15(24)22(2)9-12-4-3-7-27-12/h3-8H,9-10H2,1-2H3,(H,21,26). The van der Waals surface area contributed by atoms with Gasteiger partial charge in [-0.25, -0.2) is 13.6 Å². The molecule has 9 heteroatoms. The largest absolute Gasteiger partial charge is 0.467 e. The van der Waals surface area contributed by atoms with Crippen LogP contribution in [-0.4, -0.2) is 41.2 Å². The van der Waals surface area contributed by atoms with Crippen molar-refractivity contribution >= 4 is 17.8 Å². The fourth-order valence-electron chi connectivity index (χ4n) is 2.82. The summed E-state index contributed by atoms with van der Waals surface area (Å²) < 4.78 is 31.9. The van der Waals surface area contributed by atoms with Crippen molar-refractivity contribution in [2.75, 3.05) is 13.6 Å². The number of amides is 4. The van der Waals surface area contributed by atoms with Gasteiger partial charge in [0, 0.05) is 7.05 Å². The number of hydrogen-bond donors (Lipinski definition) is 1. The second-order valence-electron chi connectivity index (χ2n) is 6.40. The number of likely N-dealkylation sites (N-methyl/N-ethyl adjacent to an activating group) is 1. The molecule has 1 saturated heterocycles. The first-order valence-corrected chi connectivity index (χ1v) is 8.08. The number of imide groups is 1. The third-order valence-electron chi connectivity index (χ3n) is 4.46. The number of hydrogen-bond acceptors (Lipinski definition) is 4. The summed E-state index contributed by atoms with van der Waals surface area (Å²) >= 11 is 0. The van der Waals surface area contributed by atoms with Gasteiger partial charge in [0.2, 0.25) is 5.91 Å². The zero-order valence-corrected chi connectivity index (χ0v) is 14.7. The molecule has 1 atom stereocenters. The molecule has 0 aliphatic carbocycles. The van der Waals surface area contributed by atoms with E-state index < -0.39 is 41.6 Å². The Kier molecular flexibility index (Phi) is 4.69. The number of carbonyl (C=O) groups is 3. The Balaban J connectivity index is 1.75. The fourth-order valence-corrected chi connectivity index (χ4v) is 2.82. The summed E-state index contributed by atoms with van der Waals surface area (Å²) in [7, 11) is 1.51. The van der Waals surface area contributed by atoms with Gasteiger partial charge in [0.05, 0.1) is 12.8 Å². The second kappa shape index (κ2) is 6.82. The van der Waals surface area contributed by atoms with Gasteiger partial charge < -0.3 is 14.6 Å². The van der Waals surface area contributed by atoms with Crippen molar-refractivity contribution in [3.63, 3.8) is 0 Å². The zero-order chi connectivity index (χ0) is 19.8. The zero-order valence-electron chi connectivity index (χ0n) is 14.7. The molecular formula is C18H17F2N3O4. The third-order valence-corrected chi connectivity index (χ3v) is 4.46. The van der Waals surface area contributed by atoms with Gasteiger partial charge in [-0.3, -0.25) is 14.5 Å². The van der Waals surface area contributed by atoms with Crippen LogP contribution in [-0.2, 0) is 21.7 Å². The molecule has 0 bridgehead atoms. The maximum atomic E-state index is 13.5. The summed E-state index contributed by atoms with van der Waals surface area (Å²) in [5, 5.41) is 2.44. The van der Waals surface area contributed by atoms with Crippen LogP contribution >= 0.6 is 0 Å². The Bertz CT molecular complexity index is 900. The van der Waals surface area contributed by atoms with Gasteiger partial charge >= 0.3 is 6.03 Å². The molecule has 1 N–H and O–H groups in total. The van der Waals surface area contributed by atoms with E-state index in [0.29, 0.717) is 5.76 Å². The maximum absolute atomic E-state index is 13.5. The Morgan fingerprint density at radius 2 is 2.00 bits per heavy atom. The summed E-state index contributed by atoms with van der Waals surface area (Å²) in [5.74, 6) is -2.86. The molecule has 142 valence electrons. The SMILES string of the molecule is CN(Cc1ccco1)C(=O)CN1C(=O)NC(C)(c2ccc(F)c(F)c2)C1=O. The molecule has 4 amide bonds. The van der Waals surface area contributed by atoms with Crippen LogP contribution in [0.4, 0.5) is 13.6 Å². The summed E-state index contributed by atoms with van der Waals surface area (Å²) in [4.78, 5) is 39.4. The van der Waals surface area contributed by atoms with E-state index in [-0.39, 0.29) is 12.1 Å². The van der Waals surface area contributed by atoms with Crippen molar-refractivity contribution in [2.45, 2.75) is 19.0 Å². The van der Waals surface area contributed by atoms with Gasteiger partial charge in [-0.05, 0) is 36.8 Å². The molecule has 0 radical (unpaired) electrons. The average molecular weight is 377 g/mol. The van der Waals surface area contributed by atoms with Gasteiger partial charge in [0.15, 0.2) is 11.6 Å². The topological polar surface area (TPSA) is 82.9 Å². The molecule has 1 aromatic heterocycles. The minimum absolute atomic E-state index is 0.0821. The molecule has 0 saturated carbocycles. The van der Waals surface area contributed by atoms with Crippen LogP contribution in [0.15, 0.2) is 41.0 Å². The van der Waals surface area contributed by atoms with E-state index in [9.17, 15) is 23.2 Å². The number of nitrogens with zero attached hydrogens (tertiary/aromatic N) is 2. The minimum atomic E-state index is -1.59. The molecule has 1 unspecified atom stereocenters. The number of halogens is 2. The van der Waals surface area contributed by atoms with Crippen LogP contribution in [0.3, 0.4) is 0 Å². The van der Waals surface area contributed by atoms with Crippen molar-refractivity contribution < 1.29 is 27.6 Å². The number of nitrogens with one attached hydrogen (secondary N) is 1. The van der Waals surface area contributed by atoms with Gasteiger partial charge in [-0.15, -0.1) is 0 Å². The molecule has 27 heavy (non-hydrogen) atoms. The van der Waals surface area contributed by atoms with E-state index in [2.05, 4.69) is 5.32 Å². The number of furan rings is 1. The molecule has 2 heterocycles. The maximum Gasteiger partial charge on any atom is 0.325 e. The van der Waals surface area contributed by atoms with Crippen molar-refractivity contribution in [2.24, 2.45) is 0 Å². The van der Waals surface area contributed by atoms with Crippen LogP contribution in [0.25, 0.3) is 0 Å². The van der Waals surface area contributed by atoms with Gasteiger partial charge in [0.1, 0.15) is 17.8 Å². The summed E-state index contributed by atoms with van der Waals surface area (Å²) in [6.07, 6.45) is 1.47. The van der Waals surface area contributed by atoms with Crippen LogP contribution in [0.5, 0.6) is 0 Å². The van der Waals surface area contributed by atoms with E-state index in [1.54, 1.807) is 12.1 Å². The summed E-state index contributed by atoms with van der Waals surface area (Å²) in [6, 6.07) is 5.52. The molecule has 1 aliphatic rings. The number of carbonyl (C=O) groups excluding carboxylic acids is 3. The van der Waals surface area contributed by atoms with Crippen LogP contribution in [0, 0.1) is 11.6 Å². The molecule has 0 spiro atoms. The van der Waals surface area contributed by atoms with Crippen molar-refractivity contribution in [3.8, 4) is 0 Å². The minimum Gasteiger partial charge on any atom is -0.467 e. The lowest BCUT2D eigenvalue weighted by molar-refractivity contribution is -0.138. The van der Waals surface area contributed by atoms with Gasteiger partial charge in [-0.1, -0.05) is 6.07 Å². The molecular weight excluding hydrogens is 360 g/mol. The highest BCUT2D eigenvalue weighted by Crippen LogP contribution is 2.29. The Morgan fingerprint density at radius 1 is 1.26 bits per heavy atom. The third kappa shape index (κ3) is 3.40. The molecule has 2 aromatic rings. The smallest absolute Gasteiger partial charge is 0.325 e. The molecule has 7 nitrogen and oxygen atoms in total. The van der Waals surface area contributed by atoms with Crippen LogP contribution < -0.4 is 5.32 Å². The lowest BCUT2D eigenvalue weighted by Gasteiger charge is -2.23. The molecule has 1 fully saturated rings. The van der Waals surface area contributed by atoms with Crippen molar-refractivity contribution in [1.29, 1.82) is 0 Å². The number of rotatable bonds is 5. The normalized spacial score (nSPS) is 19.3. The molecule has 1 aromatic carbocycles. The van der Waals surface area contributed by atoms with E-state index in [4.69, 9.17) is 4.42 Å². The lowest BCUT2D eigenvalue weighted by Crippen LogP contribution is -2.43. The monoisotopic (exact) mass is 377 g/mol. The van der Waals surface area contributed by atoms with Crippen molar-refractivity contribution in [3.05, 3.63) is 59.6 Å². The highest BCUT2D eigenvalue weighted by molar-refractivity contribution is 6.09. The predicted octanol–water partition coefficient (Wildman–Crippen LogP) is 1.98. The van der Waals surface area contributed by atoms with E-state index in [1.807, 2.05) is 0 Å².